The molecule has 1 aromatic rings. The zero-order valence-corrected chi connectivity index (χ0v) is 17.5. The van der Waals surface area contributed by atoms with Crippen LogP contribution < -0.4 is 4.74 Å². The molecule has 31 heavy (non-hydrogen) atoms. The van der Waals surface area contributed by atoms with E-state index in [9.17, 15) is 35.7 Å². The second-order valence-electron chi connectivity index (χ2n) is 8.36. The van der Waals surface area contributed by atoms with Gasteiger partial charge in [0, 0.05) is 12.0 Å². The van der Waals surface area contributed by atoms with Gasteiger partial charge in [-0.15, -0.1) is 0 Å². The molecule has 0 spiro atoms. The lowest BCUT2D eigenvalue weighted by Crippen LogP contribution is -2.55. The summed E-state index contributed by atoms with van der Waals surface area (Å²) in [7, 11) is 0. The zero-order chi connectivity index (χ0) is 22.9. The van der Waals surface area contributed by atoms with Gasteiger partial charge in [-0.2, -0.15) is 0 Å². The Morgan fingerprint density at radius 3 is 2.13 bits per heavy atom. The fourth-order valence-corrected chi connectivity index (χ4v) is 4.04. The van der Waals surface area contributed by atoms with Crippen molar-refractivity contribution in [3.63, 3.8) is 0 Å². The first-order chi connectivity index (χ1) is 14.7. The third-order valence-electron chi connectivity index (χ3n) is 5.69. The number of aliphatic hydroxyl groups excluding tert-OH is 7. The number of rotatable bonds is 6. The van der Waals surface area contributed by atoms with Gasteiger partial charge in [-0.05, 0) is 31.5 Å². The molecule has 2 saturated heterocycles. The van der Waals surface area contributed by atoms with Gasteiger partial charge in [-0.1, -0.05) is 6.07 Å². The van der Waals surface area contributed by atoms with E-state index >= 15 is 0 Å². The summed E-state index contributed by atoms with van der Waals surface area (Å²) >= 11 is 0. The average Bonchev–Trinajstić information content (AvgIpc) is 2.73. The predicted octanol–water partition coefficient (Wildman–Crippen LogP) is -1.47. The van der Waals surface area contributed by atoms with Crippen LogP contribution in [0.25, 0.3) is 0 Å². The van der Waals surface area contributed by atoms with Crippen LogP contribution in [0.1, 0.15) is 43.6 Å². The lowest BCUT2D eigenvalue weighted by molar-refractivity contribution is -0.231. The lowest BCUT2D eigenvalue weighted by Gasteiger charge is -2.41. The average molecular weight is 444 g/mol. The fraction of sp³-hybridized carbons (Fsp3) is 0.714. The second-order valence-corrected chi connectivity index (χ2v) is 8.36. The molecular formula is C21H32O10. The fourth-order valence-electron chi connectivity index (χ4n) is 4.04. The normalized spacial score (nSPS) is 39.0. The van der Waals surface area contributed by atoms with E-state index in [2.05, 4.69) is 0 Å². The molecule has 10 heteroatoms. The van der Waals surface area contributed by atoms with Crippen LogP contribution in [0.15, 0.2) is 18.2 Å². The topological polar surface area (TPSA) is 169 Å². The molecule has 9 atom stereocenters. The SMILES string of the molecule is CC(C)Oc1ccc([C@H]2OC(CO)[C@@H](O)C(O)C2O)cc1C1O[C@H](CO)C(O)C[C@@H]1O. The highest BCUT2D eigenvalue weighted by Gasteiger charge is 2.45. The standard InChI is InChI=1S/C21H32O10/c1-9(2)29-14-4-3-10(20-19(28)18(27)17(26)16(8-23)31-20)5-11(14)21-13(25)6-12(24)15(7-22)30-21/h3-5,9,12-13,15-28H,6-8H2,1-2H3/t12?,13-,15+,16?,17+,18?,19?,20+,21?/m0/s1. The van der Waals surface area contributed by atoms with Crippen molar-refractivity contribution in [2.75, 3.05) is 13.2 Å². The first kappa shape index (κ1) is 24.3. The number of benzene rings is 1. The molecule has 2 fully saturated rings. The van der Waals surface area contributed by atoms with Crippen LogP contribution >= 0.6 is 0 Å². The summed E-state index contributed by atoms with van der Waals surface area (Å²) in [5.41, 5.74) is 0.825. The highest BCUT2D eigenvalue weighted by Crippen LogP contribution is 2.40. The van der Waals surface area contributed by atoms with Crippen LogP contribution in [-0.2, 0) is 9.47 Å². The summed E-state index contributed by atoms with van der Waals surface area (Å²) in [4.78, 5) is 0. The van der Waals surface area contributed by atoms with Gasteiger partial charge in [-0.25, -0.2) is 0 Å². The zero-order valence-electron chi connectivity index (χ0n) is 17.5. The lowest BCUT2D eigenvalue weighted by atomic mass is 9.88. The number of ether oxygens (including phenoxy) is 3. The van der Waals surface area contributed by atoms with Gasteiger partial charge in [0.25, 0.3) is 0 Å². The van der Waals surface area contributed by atoms with Crippen molar-refractivity contribution in [3.8, 4) is 5.75 Å². The minimum atomic E-state index is -1.53. The molecule has 2 aliphatic rings. The summed E-state index contributed by atoms with van der Waals surface area (Å²) in [6, 6.07) is 4.81. The Labute approximate surface area is 180 Å². The van der Waals surface area contributed by atoms with E-state index in [4.69, 9.17) is 14.2 Å². The number of hydrogen-bond donors (Lipinski definition) is 7. The van der Waals surface area contributed by atoms with Crippen LogP contribution in [-0.4, -0.2) is 97.8 Å². The monoisotopic (exact) mass is 444 g/mol. The number of aliphatic hydroxyl groups is 7. The van der Waals surface area contributed by atoms with E-state index in [-0.39, 0.29) is 12.5 Å². The molecule has 2 aliphatic heterocycles. The van der Waals surface area contributed by atoms with Crippen molar-refractivity contribution in [2.24, 2.45) is 0 Å². The molecule has 2 heterocycles. The molecule has 0 amide bonds. The van der Waals surface area contributed by atoms with Crippen LogP contribution in [0.5, 0.6) is 5.75 Å². The predicted molar refractivity (Wildman–Crippen MR) is 106 cm³/mol. The molecule has 0 radical (unpaired) electrons. The molecule has 10 nitrogen and oxygen atoms in total. The maximum absolute atomic E-state index is 10.6. The summed E-state index contributed by atoms with van der Waals surface area (Å²) in [5.74, 6) is 0.403. The molecule has 0 saturated carbocycles. The van der Waals surface area contributed by atoms with E-state index in [1.165, 1.54) is 0 Å². The summed E-state index contributed by atoms with van der Waals surface area (Å²) < 4.78 is 17.2. The first-order valence-electron chi connectivity index (χ1n) is 10.4. The third kappa shape index (κ3) is 5.03. The van der Waals surface area contributed by atoms with Gasteiger partial charge in [0.2, 0.25) is 0 Å². The second kappa shape index (κ2) is 10.1. The van der Waals surface area contributed by atoms with Gasteiger partial charge in [0.1, 0.15) is 48.5 Å². The van der Waals surface area contributed by atoms with Crippen molar-refractivity contribution < 1.29 is 50.0 Å². The van der Waals surface area contributed by atoms with Crippen molar-refractivity contribution in [2.45, 2.75) is 81.3 Å². The Morgan fingerprint density at radius 2 is 1.52 bits per heavy atom. The smallest absolute Gasteiger partial charge is 0.125 e. The maximum atomic E-state index is 10.6. The molecule has 0 bridgehead atoms. The minimum Gasteiger partial charge on any atom is -0.491 e. The molecule has 0 aliphatic carbocycles. The largest absolute Gasteiger partial charge is 0.491 e. The van der Waals surface area contributed by atoms with E-state index in [0.717, 1.165) is 0 Å². The summed E-state index contributed by atoms with van der Waals surface area (Å²) in [5, 5.41) is 70.1. The first-order valence-corrected chi connectivity index (χ1v) is 10.4. The van der Waals surface area contributed by atoms with E-state index < -0.39 is 68.1 Å². The van der Waals surface area contributed by atoms with E-state index in [1.807, 2.05) is 13.8 Å². The molecular weight excluding hydrogens is 412 g/mol. The summed E-state index contributed by atoms with van der Waals surface area (Å²) in [6.07, 6.45) is -10.8. The Kier molecular flexibility index (Phi) is 7.90. The highest BCUT2D eigenvalue weighted by molar-refractivity contribution is 5.41. The van der Waals surface area contributed by atoms with Crippen LogP contribution in [0.4, 0.5) is 0 Å². The molecule has 7 N–H and O–H groups in total. The van der Waals surface area contributed by atoms with Gasteiger partial charge >= 0.3 is 0 Å². The molecule has 0 aromatic heterocycles. The van der Waals surface area contributed by atoms with Gasteiger partial charge in [0.15, 0.2) is 0 Å². The molecule has 5 unspecified atom stereocenters. The molecule has 1 aromatic carbocycles. The maximum Gasteiger partial charge on any atom is 0.125 e. The Balaban J connectivity index is 1.99. The van der Waals surface area contributed by atoms with E-state index in [1.54, 1.807) is 18.2 Å². The van der Waals surface area contributed by atoms with Crippen molar-refractivity contribution >= 4 is 0 Å². The highest BCUT2D eigenvalue weighted by atomic mass is 16.5. The molecule has 176 valence electrons. The number of hydrogen-bond acceptors (Lipinski definition) is 10. The van der Waals surface area contributed by atoms with Crippen LogP contribution in [0, 0.1) is 0 Å². The van der Waals surface area contributed by atoms with Gasteiger partial charge in [-0.3, -0.25) is 0 Å². The van der Waals surface area contributed by atoms with Gasteiger partial charge < -0.3 is 50.0 Å². The van der Waals surface area contributed by atoms with Crippen molar-refractivity contribution in [1.82, 2.24) is 0 Å². The van der Waals surface area contributed by atoms with E-state index in [0.29, 0.717) is 16.9 Å². The Morgan fingerprint density at radius 1 is 0.871 bits per heavy atom. The minimum absolute atomic E-state index is 0.0126. The molecule has 3 rings (SSSR count). The summed E-state index contributed by atoms with van der Waals surface area (Å²) in [6.45, 7) is 2.67. The van der Waals surface area contributed by atoms with Crippen LogP contribution in [0.2, 0.25) is 0 Å². The Hall–Kier alpha value is -1.34. The van der Waals surface area contributed by atoms with Crippen molar-refractivity contribution in [1.29, 1.82) is 0 Å². The van der Waals surface area contributed by atoms with Crippen molar-refractivity contribution in [3.05, 3.63) is 29.3 Å². The quantitative estimate of drug-likeness (QED) is 0.275. The van der Waals surface area contributed by atoms with Gasteiger partial charge in [0.05, 0.1) is 31.5 Å². The Bertz CT molecular complexity index is 726. The third-order valence-corrected chi connectivity index (χ3v) is 5.69. The van der Waals surface area contributed by atoms with Crippen LogP contribution in [0.3, 0.4) is 0 Å².